The minimum Gasteiger partial charge on any atom is -0.378 e. The Balaban J connectivity index is 1.43. The number of halogens is 4. The van der Waals surface area contributed by atoms with E-state index in [1.54, 1.807) is 23.1 Å². The van der Waals surface area contributed by atoms with Crippen LogP contribution in [0.25, 0.3) is 11.1 Å². The zero-order valence-electron chi connectivity index (χ0n) is 16.7. The van der Waals surface area contributed by atoms with E-state index in [-0.39, 0.29) is 11.8 Å². The summed E-state index contributed by atoms with van der Waals surface area (Å²) in [4.78, 5) is 14.0. The van der Waals surface area contributed by atoms with E-state index in [1.807, 2.05) is 0 Å². The number of aromatic nitrogens is 3. The largest absolute Gasteiger partial charge is 0.416 e. The summed E-state index contributed by atoms with van der Waals surface area (Å²) in [7, 11) is 0. The van der Waals surface area contributed by atoms with Gasteiger partial charge in [0.1, 0.15) is 0 Å². The maximum atomic E-state index is 14.1. The second-order valence-electron chi connectivity index (χ2n) is 6.88. The van der Waals surface area contributed by atoms with Crippen molar-refractivity contribution in [1.29, 1.82) is 0 Å². The molecule has 0 amide bonds. The van der Waals surface area contributed by atoms with Crippen LogP contribution in [-0.2, 0) is 10.9 Å². The summed E-state index contributed by atoms with van der Waals surface area (Å²) in [6.45, 7) is 2.04. The van der Waals surface area contributed by atoms with Crippen LogP contribution in [0.1, 0.15) is 11.3 Å². The number of morpholine rings is 1. The van der Waals surface area contributed by atoms with Gasteiger partial charge < -0.3 is 9.64 Å². The molecule has 0 bridgehead atoms. The first kappa shape index (κ1) is 21.6. The zero-order chi connectivity index (χ0) is 22.6. The molecule has 0 atom stereocenters. The number of alkyl halides is 3. The van der Waals surface area contributed by atoms with Crippen molar-refractivity contribution in [1.82, 2.24) is 15.0 Å². The molecule has 0 unspecified atom stereocenters. The normalized spacial score (nSPS) is 14.7. The van der Waals surface area contributed by atoms with E-state index in [1.165, 1.54) is 18.5 Å². The van der Waals surface area contributed by atoms with E-state index in [0.29, 0.717) is 43.1 Å². The monoisotopic (exact) mass is 446 g/mol. The first-order chi connectivity index (χ1) is 15.4. The summed E-state index contributed by atoms with van der Waals surface area (Å²) < 4.78 is 58.0. The number of pyridine rings is 1. The van der Waals surface area contributed by atoms with Gasteiger partial charge in [-0.25, -0.2) is 14.8 Å². The highest BCUT2D eigenvalue weighted by atomic mass is 19.4. The Morgan fingerprint density at radius 1 is 1.03 bits per heavy atom. The van der Waals surface area contributed by atoms with Crippen molar-refractivity contribution >= 4 is 18.0 Å². The van der Waals surface area contributed by atoms with Gasteiger partial charge in [-0.1, -0.05) is 18.2 Å². The molecular weight excluding hydrogens is 428 g/mol. The van der Waals surface area contributed by atoms with E-state index in [2.05, 4.69) is 25.5 Å². The maximum Gasteiger partial charge on any atom is 0.416 e. The molecule has 3 heterocycles. The van der Waals surface area contributed by atoms with Gasteiger partial charge in [-0.2, -0.15) is 23.3 Å². The zero-order valence-corrected chi connectivity index (χ0v) is 16.7. The Labute approximate surface area is 180 Å². The second-order valence-corrected chi connectivity index (χ2v) is 6.88. The summed E-state index contributed by atoms with van der Waals surface area (Å²) >= 11 is 0. The minimum absolute atomic E-state index is 0.115. The lowest BCUT2D eigenvalue weighted by atomic mass is 10.0. The molecule has 1 aromatic carbocycles. The van der Waals surface area contributed by atoms with Crippen LogP contribution in [0.4, 0.5) is 29.3 Å². The molecule has 1 aliphatic heterocycles. The van der Waals surface area contributed by atoms with Crippen LogP contribution in [0.15, 0.2) is 53.9 Å². The minimum atomic E-state index is -4.41. The molecule has 1 aliphatic rings. The molecule has 0 radical (unpaired) electrons. The number of benzene rings is 1. The van der Waals surface area contributed by atoms with Gasteiger partial charge in [-0.05, 0) is 23.8 Å². The van der Waals surface area contributed by atoms with Gasteiger partial charge in [-0.15, -0.1) is 0 Å². The second kappa shape index (κ2) is 9.27. The van der Waals surface area contributed by atoms with Crippen LogP contribution < -0.4 is 10.3 Å². The first-order valence-corrected chi connectivity index (χ1v) is 9.68. The van der Waals surface area contributed by atoms with E-state index in [0.717, 1.165) is 18.3 Å². The van der Waals surface area contributed by atoms with E-state index >= 15 is 0 Å². The van der Waals surface area contributed by atoms with Crippen LogP contribution in [0.3, 0.4) is 0 Å². The van der Waals surface area contributed by atoms with Crippen molar-refractivity contribution in [3.05, 3.63) is 65.9 Å². The van der Waals surface area contributed by atoms with Gasteiger partial charge in [0.15, 0.2) is 11.6 Å². The van der Waals surface area contributed by atoms with Gasteiger partial charge in [0.05, 0.1) is 36.9 Å². The maximum absolute atomic E-state index is 14.1. The molecule has 0 spiro atoms. The molecule has 32 heavy (non-hydrogen) atoms. The van der Waals surface area contributed by atoms with Crippen molar-refractivity contribution in [3.63, 3.8) is 0 Å². The molecule has 11 heteroatoms. The first-order valence-electron chi connectivity index (χ1n) is 9.68. The summed E-state index contributed by atoms with van der Waals surface area (Å²) in [5.41, 5.74) is 3.31. The summed E-state index contributed by atoms with van der Waals surface area (Å²) in [6, 6.07) is 8.29. The number of ether oxygens (including phenoxy) is 1. The van der Waals surface area contributed by atoms with Crippen LogP contribution in [0.2, 0.25) is 0 Å². The molecule has 7 nitrogen and oxygen atoms in total. The van der Waals surface area contributed by atoms with E-state index < -0.39 is 17.6 Å². The molecule has 1 fully saturated rings. The fourth-order valence-corrected chi connectivity index (χ4v) is 3.09. The Kier molecular flexibility index (Phi) is 6.26. The number of hydrazone groups is 1. The number of anilines is 2. The van der Waals surface area contributed by atoms with Crippen molar-refractivity contribution in [2.24, 2.45) is 5.10 Å². The molecule has 166 valence electrons. The number of rotatable bonds is 5. The lowest BCUT2D eigenvalue weighted by Gasteiger charge is -2.27. The molecule has 2 aromatic heterocycles. The van der Waals surface area contributed by atoms with Crippen molar-refractivity contribution < 1.29 is 22.3 Å². The fraction of sp³-hybridized carbons (Fsp3) is 0.238. The predicted octanol–water partition coefficient (Wildman–Crippen LogP) is 3.98. The molecule has 0 aliphatic carbocycles. The smallest absolute Gasteiger partial charge is 0.378 e. The Hall–Kier alpha value is -3.60. The highest BCUT2D eigenvalue weighted by molar-refractivity contribution is 5.78. The van der Waals surface area contributed by atoms with Gasteiger partial charge in [0.25, 0.3) is 0 Å². The lowest BCUT2D eigenvalue weighted by molar-refractivity contribution is -0.137. The van der Waals surface area contributed by atoms with E-state index in [9.17, 15) is 17.6 Å². The molecular formula is C21H18F4N6O. The fourth-order valence-electron chi connectivity index (χ4n) is 3.09. The SMILES string of the molecule is Fc1cnc(N/N=C/c2ccc(-c3cccc(C(F)(F)F)c3)cn2)nc1N1CCOCC1. The highest BCUT2D eigenvalue weighted by Gasteiger charge is 2.30. The average molecular weight is 446 g/mol. The van der Waals surface area contributed by atoms with Crippen molar-refractivity contribution in [2.75, 3.05) is 36.6 Å². The standard InChI is InChI=1S/C21H18F4N6O/c22-18-13-27-20(29-19(18)31-6-8-32-9-7-31)30-28-12-17-5-4-15(11-26-17)14-2-1-3-16(10-14)21(23,24)25/h1-5,10-13H,6-9H2,(H,27,29,30)/b28-12+. The van der Waals surface area contributed by atoms with Gasteiger partial charge in [0, 0.05) is 24.8 Å². The van der Waals surface area contributed by atoms with Crippen LogP contribution >= 0.6 is 0 Å². The number of hydrogen-bond donors (Lipinski definition) is 1. The Morgan fingerprint density at radius 3 is 2.56 bits per heavy atom. The van der Waals surface area contributed by atoms with Gasteiger partial charge in [-0.3, -0.25) is 4.98 Å². The van der Waals surface area contributed by atoms with E-state index in [4.69, 9.17) is 4.74 Å². The third kappa shape index (κ3) is 5.17. The highest BCUT2D eigenvalue weighted by Crippen LogP contribution is 2.32. The Morgan fingerprint density at radius 2 is 1.84 bits per heavy atom. The number of nitrogens with one attached hydrogen (secondary N) is 1. The molecule has 0 saturated carbocycles. The van der Waals surface area contributed by atoms with Crippen molar-refractivity contribution in [2.45, 2.75) is 6.18 Å². The quantitative estimate of drug-likeness (QED) is 0.363. The molecule has 1 N–H and O–H groups in total. The number of hydrogen-bond acceptors (Lipinski definition) is 7. The topological polar surface area (TPSA) is 75.5 Å². The molecule has 1 saturated heterocycles. The van der Waals surface area contributed by atoms with Crippen LogP contribution in [0.5, 0.6) is 0 Å². The molecule has 3 aromatic rings. The van der Waals surface area contributed by atoms with Crippen LogP contribution in [-0.4, -0.2) is 47.5 Å². The van der Waals surface area contributed by atoms with Crippen LogP contribution in [0, 0.1) is 5.82 Å². The third-order valence-corrected chi connectivity index (χ3v) is 4.71. The van der Waals surface area contributed by atoms with Gasteiger partial charge in [0.2, 0.25) is 5.95 Å². The predicted molar refractivity (Wildman–Crippen MR) is 111 cm³/mol. The summed E-state index contributed by atoms with van der Waals surface area (Å²) in [6.07, 6.45) is -0.484. The third-order valence-electron chi connectivity index (χ3n) is 4.71. The summed E-state index contributed by atoms with van der Waals surface area (Å²) in [5.74, 6) is -0.248. The molecule has 4 rings (SSSR count). The Bertz CT molecular complexity index is 1100. The average Bonchev–Trinajstić information content (AvgIpc) is 2.81. The number of nitrogens with zero attached hydrogens (tertiary/aromatic N) is 5. The summed E-state index contributed by atoms with van der Waals surface area (Å²) in [5, 5.41) is 4.00. The van der Waals surface area contributed by atoms with Gasteiger partial charge >= 0.3 is 6.18 Å². The van der Waals surface area contributed by atoms with Crippen molar-refractivity contribution in [3.8, 4) is 11.1 Å². The lowest BCUT2D eigenvalue weighted by Crippen LogP contribution is -2.37.